The van der Waals surface area contributed by atoms with E-state index in [9.17, 15) is 9.59 Å². The summed E-state index contributed by atoms with van der Waals surface area (Å²) in [6, 6.07) is 18.1. The summed E-state index contributed by atoms with van der Waals surface area (Å²) in [6.45, 7) is 4.61. The van der Waals surface area contributed by atoms with E-state index in [4.69, 9.17) is 4.74 Å². The molecule has 2 aliphatic carbocycles. The van der Waals surface area contributed by atoms with E-state index >= 15 is 0 Å². The summed E-state index contributed by atoms with van der Waals surface area (Å²) in [7, 11) is 0. The van der Waals surface area contributed by atoms with Gasteiger partial charge in [0, 0.05) is 17.5 Å². The van der Waals surface area contributed by atoms with Crippen molar-refractivity contribution >= 4 is 17.6 Å². The Labute approximate surface area is 171 Å². The van der Waals surface area contributed by atoms with E-state index in [1.54, 1.807) is 0 Å². The van der Waals surface area contributed by atoms with Crippen molar-refractivity contribution in [2.75, 3.05) is 11.9 Å². The number of cyclic esters (lactones) is 1. The number of benzene rings is 2. The number of rotatable bonds is 5. The summed E-state index contributed by atoms with van der Waals surface area (Å²) in [6.07, 6.45) is 3.17. The van der Waals surface area contributed by atoms with Crippen molar-refractivity contribution in [1.29, 1.82) is 0 Å². The normalized spacial score (nSPS) is 30.0. The average Bonchev–Trinajstić information content (AvgIpc) is 3.40. The van der Waals surface area contributed by atoms with E-state index in [1.165, 1.54) is 5.56 Å². The second-order valence-corrected chi connectivity index (χ2v) is 8.80. The molecule has 0 bridgehead atoms. The van der Waals surface area contributed by atoms with Gasteiger partial charge in [0.2, 0.25) is 5.91 Å². The average molecular weight is 387 g/mol. The van der Waals surface area contributed by atoms with Gasteiger partial charge in [0.25, 0.3) is 0 Å². The second-order valence-electron chi connectivity index (χ2n) is 8.80. The number of carbonyl (C=O) groups excluding carboxylic acids is 2. The van der Waals surface area contributed by atoms with Crippen LogP contribution in [0.15, 0.2) is 66.7 Å². The number of nitrogens with one attached hydrogen (secondary N) is 1. The van der Waals surface area contributed by atoms with Gasteiger partial charge >= 0.3 is 5.97 Å². The maximum Gasteiger partial charge on any atom is 0.313 e. The molecular formula is C25H25NO3. The summed E-state index contributed by atoms with van der Waals surface area (Å²) < 4.78 is 5.36. The van der Waals surface area contributed by atoms with E-state index in [-0.39, 0.29) is 23.7 Å². The zero-order valence-electron chi connectivity index (χ0n) is 16.4. The molecule has 2 aromatic rings. The summed E-state index contributed by atoms with van der Waals surface area (Å²) in [5.74, 6) is 0.618. The highest BCUT2D eigenvalue weighted by Gasteiger charge is 2.55. The molecule has 4 heteroatoms. The monoisotopic (exact) mass is 387 g/mol. The first-order chi connectivity index (χ1) is 14.0. The van der Waals surface area contributed by atoms with Gasteiger partial charge < -0.3 is 10.1 Å². The number of anilines is 1. The van der Waals surface area contributed by atoms with E-state index in [1.807, 2.05) is 42.5 Å². The lowest BCUT2D eigenvalue weighted by molar-refractivity contribution is -0.146. The van der Waals surface area contributed by atoms with Crippen molar-refractivity contribution in [1.82, 2.24) is 0 Å². The molecule has 2 saturated carbocycles. The molecule has 4 unspecified atom stereocenters. The molecule has 0 radical (unpaired) electrons. The fourth-order valence-electron chi connectivity index (χ4n) is 5.12. The van der Waals surface area contributed by atoms with Crippen LogP contribution in [0, 0.1) is 17.3 Å². The predicted octanol–water partition coefficient (Wildman–Crippen LogP) is 4.48. The molecule has 148 valence electrons. The quantitative estimate of drug-likeness (QED) is 0.608. The van der Waals surface area contributed by atoms with Crippen molar-refractivity contribution in [3.63, 3.8) is 0 Å². The van der Waals surface area contributed by atoms with Crippen LogP contribution in [0.1, 0.15) is 36.3 Å². The molecule has 0 spiro atoms. The molecule has 1 amide bonds. The van der Waals surface area contributed by atoms with E-state index in [0.717, 1.165) is 36.1 Å². The minimum atomic E-state index is -0.446. The van der Waals surface area contributed by atoms with Crippen LogP contribution >= 0.6 is 0 Å². The molecule has 1 saturated heterocycles. The lowest BCUT2D eigenvalue weighted by Crippen LogP contribution is -2.31. The third-order valence-electron chi connectivity index (χ3n) is 6.80. The van der Waals surface area contributed by atoms with Crippen LogP contribution in [0.25, 0.3) is 0 Å². The van der Waals surface area contributed by atoms with Gasteiger partial charge in [0.1, 0.15) is 0 Å². The summed E-state index contributed by atoms with van der Waals surface area (Å²) in [5.41, 5.74) is 3.83. The van der Waals surface area contributed by atoms with Crippen LogP contribution in [0.3, 0.4) is 0 Å². The molecule has 1 heterocycles. The number of ether oxygens (including phenoxy) is 1. The third-order valence-corrected chi connectivity index (χ3v) is 6.80. The molecule has 4 nitrogen and oxygen atoms in total. The molecule has 3 fully saturated rings. The Morgan fingerprint density at radius 3 is 2.66 bits per heavy atom. The zero-order valence-corrected chi connectivity index (χ0v) is 16.4. The molecule has 1 N–H and O–H groups in total. The number of carbonyl (C=O) groups is 2. The molecule has 4 atom stereocenters. The highest BCUT2D eigenvalue weighted by atomic mass is 16.5. The number of amides is 1. The maximum atomic E-state index is 12.6. The minimum Gasteiger partial charge on any atom is -0.465 e. The van der Waals surface area contributed by atoms with Gasteiger partial charge in [-0.3, -0.25) is 9.59 Å². The molecule has 29 heavy (non-hydrogen) atoms. The first-order valence-corrected chi connectivity index (χ1v) is 10.3. The first-order valence-electron chi connectivity index (χ1n) is 10.3. The smallest absolute Gasteiger partial charge is 0.313 e. The Kier molecular flexibility index (Phi) is 4.30. The van der Waals surface area contributed by atoms with Crippen molar-refractivity contribution in [3.05, 3.63) is 77.9 Å². The Hall–Kier alpha value is -2.88. The van der Waals surface area contributed by atoms with Gasteiger partial charge in [0.05, 0.1) is 12.0 Å². The van der Waals surface area contributed by atoms with Gasteiger partial charge in [0.15, 0.2) is 0 Å². The van der Waals surface area contributed by atoms with Crippen LogP contribution in [-0.2, 0) is 20.7 Å². The number of hydrogen-bond donors (Lipinski definition) is 1. The molecular weight excluding hydrogens is 362 g/mol. The topological polar surface area (TPSA) is 55.4 Å². The number of esters is 1. The summed E-state index contributed by atoms with van der Waals surface area (Å²) in [5, 5.41) is 3.04. The Bertz CT molecular complexity index is 965. The molecule has 1 aliphatic heterocycles. The highest BCUT2D eigenvalue weighted by Crippen LogP contribution is 2.52. The Morgan fingerprint density at radius 2 is 1.90 bits per heavy atom. The summed E-state index contributed by atoms with van der Waals surface area (Å²) >= 11 is 0. The minimum absolute atomic E-state index is 0.0504. The van der Waals surface area contributed by atoms with Gasteiger partial charge in [-0.2, -0.15) is 0 Å². The van der Waals surface area contributed by atoms with Crippen molar-refractivity contribution in [3.8, 4) is 0 Å². The predicted molar refractivity (Wildman–Crippen MR) is 111 cm³/mol. The third kappa shape index (κ3) is 3.27. The molecule has 2 aromatic carbocycles. The van der Waals surface area contributed by atoms with Gasteiger partial charge in [-0.25, -0.2) is 0 Å². The van der Waals surface area contributed by atoms with Crippen molar-refractivity contribution < 1.29 is 14.3 Å². The van der Waals surface area contributed by atoms with E-state index in [0.29, 0.717) is 18.9 Å². The van der Waals surface area contributed by atoms with Crippen LogP contribution < -0.4 is 5.32 Å². The van der Waals surface area contributed by atoms with Crippen LogP contribution in [-0.4, -0.2) is 18.5 Å². The van der Waals surface area contributed by atoms with Crippen molar-refractivity contribution in [2.24, 2.45) is 17.3 Å². The standard InChI is InChI=1S/C25H25NO3/c1-16-11-19-15-29-24(28)25(19,13-16)14-17-7-9-20(10-8-17)26-23(27)22-12-21(22)18-5-3-2-4-6-18/h2-10,19,21-22H,1,11-15H2,(H,26,27). The lowest BCUT2D eigenvalue weighted by atomic mass is 9.75. The number of fused-ring (bicyclic) bond motifs is 1. The SMILES string of the molecule is C=C1CC2COC(=O)C2(Cc2ccc(NC(=O)C3CC3c3ccccc3)cc2)C1. The van der Waals surface area contributed by atoms with E-state index < -0.39 is 5.41 Å². The van der Waals surface area contributed by atoms with Crippen LogP contribution in [0.2, 0.25) is 0 Å². The first kappa shape index (κ1) is 18.2. The van der Waals surface area contributed by atoms with E-state index in [2.05, 4.69) is 24.0 Å². The highest BCUT2D eigenvalue weighted by molar-refractivity contribution is 5.95. The van der Waals surface area contributed by atoms with Crippen LogP contribution in [0.5, 0.6) is 0 Å². The fourth-order valence-corrected chi connectivity index (χ4v) is 5.12. The number of allylic oxidation sites excluding steroid dienone is 1. The second kappa shape index (κ2) is 6.87. The van der Waals surface area contributed by atoms with Gasteiger partial charge in [-0.1, -0.05) is 54.6 Å². The Balaban J connectivity index is 1.23. The zero-order chi connectivity index (χ0) is 20.0. The largest absolute Gasteiger partial charge is 0.465 e. The van der Waals surface area contributed by atoms with Crippen molar-refractivity contribution in [2.45, 2.75) is 31.6 Å². The van der Waals surface area contributed by atoms with Gasteiger partial charge in [-0.15, -0.1) is 0 Å². The maximum absolute atomic E-state index is 12.6. The Morgan fingerprint density at radius 1 is 1.14 bits per heavy atom. The summed E-state index contributed by atoms with van der Waals surface area (Å²) in [4.78, 5) is 25.0. The lowest BCUT2D eigenvalue weighted by Gasteiger charge is -2.24. The fraction of sp³-hybridized carbons (Fsp3) is 0.360. The number of hydrogen-bond acceptors (Lipinski definition) is 3. The molecule has 0 aromatic heterocycles. The van der Waals surface area contributed by atoms with Crippen LogP contribution in [0.4, 0.5) is 5.69 Å². The van der Waals surface area contributed by atoms with Gasteiger partial charge in [-0.05, 0) is 54.9 Å². The molecule has 5 rings (SSSR count). The molecule has 3 aliphatic rings.